The summed E-state index contributed by atoms with van der Waals surface area (Å²) in [4.78, 5) is 4.14. The molecule has 1 aromatic heterocycles. The molecule has 1 N–H and O–H groups in total. The Bertz CT molecular complexity index is 648. The lowest BCUT2D eigenvalue weighted by atomic mass is 10.3. The fourth-order valence-corrected chi connectivity index (χ4v) is 2.54. The predicted molar refractivity (Wildman–Crippen MR) is 68.0 cm³/mol. The maximum Gasteiger partial charge on any atom is 0.235 e. The molecule has 1 aromatic carbocycles. The molecule has 1 heterocycles. The van der Waals surface area contributed by atoms with Crippen molar-refractivity contribution in [1.82, 2.24) is 4.98 Å². The van der Waals surface area contributed by atoms with E-state index in [1.165, 1.54) is 7.11 Å². The van der Waals surface area contributed by atoms with Crippen LogP contribution < -0.4 is 4.72 Å². The molecule has 6 nitrogen and oxygen atoms in total. The standard InChI is InChI=1S/C11H14N2O4S/c1-8-12-9-4-3-5-10(11(9)17-8)13-18(14,15)7-6-16-2/h3-5,13H,6-7H2,1-2H3. The van der Waals surface area contributed by atoms with E-state index >= 15 is 0 Å². The Morgan fingerprint density at radius 2 is 2.22 bits per heavy atom. The highest BCUT2D eigenvalue weighted by molar-refractivity contribution is 7.92. The van der Waals surface area contributed by atoms with Gasteiger partial charge in [0.05, 0.1) is 18.0 Å². The topological polar surface area (TPSA) is 81.4 Å². The van der Waals surface area contributed by atoms with E-state index in [1.807, 2.05) is 0 Å². The number of benzene rings is 1. The van der Waals surface area contributed by atoms with Crippen molar-refractivity contribution in [2.75, 3.05) is 24.2 Å². The molecule has 0 spiro atoms. The average Bonchev–Trinajstić information content (AvgIpc) is 2.68. The van der Waals surface area contributed by atoms with Crippen LogP contribution in [-0.2, 0) is 14.8 Å². The second-order valence-corrected chi connectivity index (χ2v) is 5.64. The van der Waals surface area contributed by atoms with E-state index in [4.69, 9.17) is 9.15 Å². The van der Waals surface area contributed by atoms with Gasteiger partial charge in [0.2, 0.25) is 10.0 Å². The second kappa shape index (κ2) is 4.95. The van der Waals surface area contributed by atoms with Crippen molar-refractivity contribution in [2.24, 2.45) is 0 Å². The first-order chi connectivity index (χ1) is 8.52. The first-order valence-electron chi connectivity index (χ1n) is 5.37. The molecule has 0 saturated carbocycles. The zero-order valence-corrected chi connectivity index (χ0v) is 11.0. The maximum absolute atomic E-state index is 11.8. The van der Waals surface area contributed by atoms with E-state index in [0.717, 1.165) is 0 Å². The molecule has 2 aromatic rings. The summed E-state index contributed by atoms with van der Waals surface area (Å²) in [6.45, 7) is 1.85. The van der Waals surface area contributed by atoms with Crippen molar-refractivity contribution in [3.63, 3.8) is 0 Å². The quantitative estimate of drug-likeness (QED) is 0.891. The van der Waals surface area contributed by atoms with E-state index in [-0.39, 0.29) is 12.4 Å². The SMILES string of the molecule is COCCS(=O)(=O)Nc1cccc2nc(C)oc12. The van der Waals surface area contributed by atoms with Gasteiger partial charge in [-0.15, -0.1) is 0 Å². The number of aryl methyl sites for hydroxylation is 1. The molecule has 18 heavy (non-hydrogen) atoms. The fraction of sp³-hybridized carbons (Fsp3) is 0.364. The molecule has 0 atom stereocenters. The number of oxazole rings is 1. The van der Waals surface area contributed by atoms with E-state index in [9.17, 15) is 8.42 Å². The first-order valence-corrected chi connectivity index (χ1v) is 7.02. The van der Waals surface area contributed by atoms with Crippen LogP contribution >= 0.6 is 0 Å². The zero-order valence-electron chi connectivity index (χ0n) is 10.1. The van der Waals surface area contributed by atoms with E-state index in [1.54, 1.807) is 25.1 Å². The van der Waals surface area contributed by atoms with Crippen LogP contribution in [0.15, 0.2) is 22.6 Å². The smallest absolute Gasteiger partial charge is 0.235 e. The van der Waals surface area contributed by atoms with Crippen LogP contribution in [0.4, 0.5) is 5.69 Å². The number of nitrogens with zero attached hydrogens (tertiary/aromatic N) is 1. The Labute approximate surface area is 105 Å². The van der Waals surface area contributed by atoms with Crippen LogP contribution in [0.5, 0.6) is 0 Å². The first kappa shape index (κ1) is 12.8. The molecule has 0 radical (unpaired) electrons. The molecule has 0 bridgehead atoms. The third kappa shape index (κ3) is 2.80. The van der Waals surface area contributed by atoms with Gasteiger partial charge < -0.3 is 9.15 Å². The molecular formula is C11H14N2O4S. The van der Waals surface area contributed by atoms with Crippen molar-refractivity contribution in [3.8, 4) is 0 Å². The van der Waals surface area contributed by atoms with Crippen LogP contribution in [0.2, 0.25) is 0 Å². The van der Waals surface area contributed by atoms with Crippen molar-refractivity contribution < 1.29 is 17.6 Å². The Kier molecular flexibility index (Phi) is 3.53. The third-order valence-corrected chi connectivity index (χ3v) is 3.58. The summed E-state index contributed by atoms with van der Waals surface area (Å²) in [7, 11) is -1.99. The maximum atomic E-state index is 11.8. The van der Waals surface area contributed by atoms with Crippen molar-refractivity contribution in [3.05, 3.63) is 24.1 Å². The van der Waals surface area contributed by atoms with Crippen molar-refractivity contribution in [1.29, 1.82) is 0 Å². The van der Waals surface area contributed by atoms with Crippen LogP contribution in [-0.4, -0.2) is 32.9 Å². The number of para-hydroxylation sites is 1. The number of nitrogens with one attached hydrogen (secondary N) is 1. The minimum Gasteiger partial charge on any atom is -0.439 e. The van der Waals surface area contributed by atoms with Gasteiger partial charge in [0.25, 0.3) is 0 Å². The normalized spacial score (nSPS) is 11.9. The number of fused-ring (bicyclic) bond motifs is 1. The van der Waals surface area contributed by atoms with Gasteiger partial charge in [0.1, 0.15) is 5.52 Å². The summed E-state index contributed by atoms with van der Waals surface area (Å²) in [5, 5.41) is 0. The van der Waals surface area contributed by atoms with Gasteiger partial charge >= 0.3 is 0 Å². The van der Waals surface area contributed by atoms with Gasteiger partial charge in [0, 0.05) is 14.0 Å². The molecule has 98 valence electrons. The number of ether oxygens (including phenoxy) is 1. The number of sulfonamides is 1. The number of rotatable bonds is 5. The van der Waals surface area contributed by atoms with Gasteiger partial charge in [-0.25, -0.2) is 13.4 Å². The Morgan fingerprint density at radius 1 is 1.44 bits per heavy atom. The molecular weight excluding hydrogens is 256 g/mol. The van der Waals surface area contributed by atoms with Crippen LogP contribution in [0.1, 0.15) is 5.89 Å². The molecule has 0 aliphatic carbocycles. The predicted octanol–water partition coefficient (Wildman–Crippen LogP) is 1.52. The van der Waals surface area contributed by atoms with Gasteiger partial charge in [-0.05, 0) is 12.1 Å². The summed E-state index contributed by atoms with van der Waals surface area (Å²) in [6, 6.07) is 5.12. The number of aromatic nitrogens is 1. The van der Waals surface area contributed by atoms with Crippen molar-refractivity contribution in [2.45, 2.75) is 6.92 Å². The van der Waals surface area contributed by atoms with Crippen LogP contribution in [0.3, 0.4) is 0 Å². The Morgan fingerprint density at radius 3 is 2.94 bits per heavy atom. The zero-order chi connectivity index (χ0) is 13.2. The van der Waals surface area contributed by atoms with E-state index in [2.05, 4.69) is 9.71 Å². The molecule has 0 fully saturated rings. The summed E-state index contributed by atoms with van der Waals surface area (Å²) in [5.41, 5.74) is 1.46. The minimum absolute atomic E-state index is 0.104. The van der Waals surface area contributed by atoms with Gasteiger partial charge in [-0.3, -0.25) is 4.72 Å². The lowest BCUT2D eigenvalue weighted by Crippen LogP contribution is -2.19. The number of anilines is 1. The molecule has 0 aliphatic rings. The lowest BCUT2D eigenvalue weighted by Gasteiger charge is -2.07. The monoisotopic (exact) mass is 270 g/mol. The summed E-state index contributed by atoms with van der Waals surface area (Å²) >= 11 is 0. The molecule has 2 rings (SSSR count). The van der Waals surface area contributed by atoms with Gasteiger partial charge in [0.15, 0.2) is 11.5 Å². The summed E-state index contributed by atoms with van der Waals surface area (Å²) < 4.78 is 36.1. The van der Waals surface area contributed by atoms with E-state index in [0.29, 0.717) is 22.7 Å². The lowest BCUT2D eigenvalue weighted by molar-refractivity contribution is 0.217. The fourth-order valence-electron chi connectivity index (χ4n) is 1.55. The Balaban J connectivity index is 2.31. The minimum atomic E-state index is -3.44. The summed E-state index contributed by atoms with van der Waals surface area (Å²) in [5.74, 6) is 0.390. The third-order valence-electron chi connectivity index (χ3n) is 2.34. The second-order valence-electron chi connectivity index (χ2n) is 3.80. The van der Waals surface area contributed by atoms with Crippen molar-refractivity contribution >= 4 is 26.8 Å². The highest BCUT2D eigenvalue weighted by Gasteiger charge is 2.14. The number of methoxy groups -OCH3 is 1. The molecule has 0 unspecified atom stereocenters. The largest absolute Gasteiger partial charge is 0.439 e. The van der Waals surface area contributed by atoms with E-state index < -0.39 is 10.0 Å². The number of hydrogen-bond acceptors (Lipinski definition) is 5. The number of hydrogen-bond donors (Lipinski definition) is 1. The van der Waals surface area contributed by atoms with Gasteiger partial charge in [-0.2, -0.15) is 0 Å². The molecule has 0 saturated heterocycles. The van der Waals surface area contributed by atoms with Gasteiger partial charge in [-0.1, -0.05) is 6.07 Å². The highest BCUT2D eigenvalue weighted by Crippen LogP contribution is 2.24. The molecule has 0 amide bonds. The highest BCUT2D eigenvalue weighted by atomic mass is 32.2. The average molecular weight is 270 g/mol. The molecule has 0 aliphatic heterocycles. The summed E-state index contributed by atoms with van der Waals surface area (Å²) in [6.07, 6.45) is 0. The van der Waals surface area contributed by atoms with Crippen LogP contribution in [0, 0.1) is 6.92 Å². The Hall–Kier alpha value is -1.60. The van der Waals surface area contributed by atoms with Crippen LogP contribution in [0.25, 0.3) is 11.1 Å². The molecule has 7 heteroatoms.